The van der Waals surface area contributed by atoms with E-state index in [9.17, 15) is 5.11 Å². The van der Waals surface area contributed by atoms with E-state index in [1.54, 1.807) is 0 Å². The first kappa shape index (κ1) is 16.4. The summed E-state index contributed by atoms with van der Waals surface area (Å²) in [5, 5.41) is 10.3. The molecule has 3 nitrogen and oxygen atoms in total. The summed E-state index contributed by atoms with van der Waals surface area (Å²) in [6.07, 6.45) is 0.799. The van der Waals surface area contributed by atoms with Gasteiger partial charge in [0.05, 0.1) is 19.3 Å². The smallest absolute Gasteiger partial charge is 0.119 e. The zero-order chi connectivity index (χ0) is 15.8. The predicted octanol–water partition coefficient (Wildman–Crippen LogP) is 3.63. The molecule has 0 saturated carbocycles. The highest BCUT2D eigenvalue weighted by Gasteiger charge is 2.08. The Balaban J connectivity index is 1.96. The van der Waals surface area contributed by atoms with Crippen LogP contribution in [0.4, 0.5) is 0 Å². The van der Waals surface area contributed by atoms with Crippen LogP contribution in [0.15, 0.2) is 48.5 Å². The molecule has 0 unspecified atom stereocenters. The summed E-state index contributed by atoms with van der Waals surface area (Å²) in [6, 6.07) is 15.8. The van der Waals surface area contributed by atoms with Crippen LogP contribution >= 0.6 is 0 Å². The van der Waals surface area contributed by atoms with E-state index in [0.717, 1.165) is 22.6 Å². The van der Waals surface area contributed by atoms with Crippen molar-refractivity contribution in [2.75, 3.05) is 13.2 Å². The van der Waals surface area contributed by atoms with E-state index in [1.807, 2.05) is 62.4 Å². The lowest BCUT2D eigenvalue weighted by molar-refractivity contribution is 0.175. The molecule has 0 fully saturated rings. The van der Waals surface area contributed by atoms with Crippen molar-refractivity contribution in [1.29, 1.82) is 0 Å². The Morgan fingerprint density at radius 1 is 0.818 bits per heavy atom. The van der Waals surface area contributed by atoms with E-state index in [0.29, 0.717) is 26.1 Å². The number of hydrogen-bond donors (Lipinski definition) is 1. The summed E-state index contributed by atoms with van der Waals surface area (Å²) >= 11 is 0. The van der Waals surface area contributed by atoms with Gasteiger partial charge in [-0.05, 0) is 62.1 Å². The van der Waals surface area contributed by atoms with Gasteiger partial charge in [0.2, 0.25) is 0 Å². The maximum atomic E-state index is 10.3. The van der Waals surface area contributed by atoms with Crippen molar-refractivity contribution >= 4 is 0 Å². The lowest BCUT2D eigenvalue weighted by Gasteiger charge is -2.13. The van der Waals surface area contributed by atoms with E-state index in [-0.39, 0.29) is 0 Å². The Hall–Kier alpha value is -2.00. The zero-order valence-electron chi connectivity index (χ0n) is 13.3. The molecule has 0 aromatic heterocycles. The molecule has 2 aromatic carbocycles. The number of benzene rings is 2. The lowest BCUT2D eigenvalue weighted by atomic mass is 10.0. The molecule has 0 aliphatic rings. The lowest BCUT2D eigenvalue weighted by Crippen LogP contribution is -2.14. The molecule has 2 rings (SSSR count). The van der Waals surface area contributed by atoms with Crippen LogP contribution in [0.2, 0.25) is 0 Å². The molecule has 2 aromatic rings. The number of hydrogen-bond acceptors (Lipinski definition) is 3. The van der Waals surface area contributed by atoms with Gasteiger partial charge in [-0.15, -0.1) is 0 Å². The van der Waals surface area contributed by atoms with E-state index in [4.69, 9.17) is 9.47 Å². The van der Waals surface area contributed by atoms with Gasteiger partial charge in [-0.3, -0.25) is 0 Å². The molecule has 0 saturated heterocycles. The molecule has 22 heavy (non-hydrogen) atoms. The first-order valence-corrected chi connectivity index (χ1v) is 7.82. The highest BCUT2D eigenvalue weighted by atomic mass is 16.5. The quantitative estimate of drug-likeness (QED) is 0.809. The third-order valence-corrected chi connectivity index (χ3v) is 3.36. The van der Waals surface area contributed by atoms with Gasteiger partial charge in [0.25, 0.3) is 0 Å². The molecule has 0 bridgehead atoms. The van der Waals surface area contributed by atoms with Gasteiger partial charge in [-0.25, -0.2) is 0 Å². The summed E-state index contributed by atoms with van der Waals surface area (Å²) in [6.45, 7) is 5.23. The fourth-order valence-electron chi connectivity index (χ4n) is 2.47. The van der Waals surface area contributed by atoms with Crippen LogP contribution in [0, 0.1) is 0 Å². The predicted molar refractivity (Wildman–Crippen MR) is 88.6 cm³/mol. The van der Waals surface area contributed by atoms with E-state index in [1.165, 1.54) is 0 Å². The molecule has 0 aliphatic heterocycles. The number of ether oxygens (including phenoxy) is 2. The van der Waals surface area contributed by atoms with Gasteiger partial charge in [0, 0.05) is 0 Å². The van der Waals surface area contributed by atoms with E-state index >= 15 is 0 Å². The molecule has 3 heteroatoms. The molecule has 0 heterocycles. The van der Waals surface area contributed by atoms with Crippen LogP contribution < -0.4 is 9.47 Å². The van der Waals surface area contributed by atoms with Gasteiger partial charge in [0.1, 0.15) is 11.5 Å². The standard InChI is InChI=1S/C19H24O3/c1-3-21-18-9-5-7-15(13-18)11-17(20)12-16-8-6-10-19(14-16)22-4-2/h5-10,13-14,17,20H,3-4,11-12H2,1-2H3. The second kappa shape index (κ2) is 8.44. The molecule has 0 atom stereocenters. The Kier molecular flexibility index (Phi) is 6.28. The minimum atomic E-state index is -0.422. The van der Waals surface area contributed by atoms with Crippen LogP contribution in [-0.4, -0.2) is 24.4 Å². The third kappa shape index (κ3) is 5.08. The van der Waals surface area contributed by atoms with Crippen LogP contribution in [0.5, 0.6) is 11.5 Å². The largest absolute Gasteiger partial charge is 0.494 e. The van der Waals surface area contributed by atoms with Gasteiger partial charge in [-0.2, -0.15) is 0 Å². The average molecular weight is 300 g/mol. The van der Waals surface area contributed by atoms with Crippen molar-refractivity contribution in [2.45, 2.75) is 32.8 Å². The Bertz CT molecular complexity index is 529. The van der Waals surface area contributed by atoms with Crippen LogP contribution in [0.1, 0.15) is 25.0 Å². The van der Waals surface area contributed by atoms with Crippen molar-refractivity contribution in [2.24, 2.45) is 0 Å². The number of rotatable bonds is 8. The van der Waals surface area contributed by atoms with Crippen molar-refractivity contribution in [3.63, 3.8) is 0 Å². The van der Waals surface area contributed by atoms with Crippen molar-refractivity contribution in [3.05, 3.63) is 59.7 Å². The molecular formula is C19H24O3. The normalized spacial score (nSPS) is 10.7. The summed E-state index contributed by atoms with van der Waals surface area (Å²) in [5.74, 6) is 1.70. The maximum absolute atomic E-state index is 10.3. The van der Waals surface area contributed by atoms with Gasteiger partial charge < -0.3 is 14.6 Å². The molecule has 0 spiro atoms. The van der Waals surface area contributed by atoms with Crippen LogP contribution in [-0.2, 0) is 12.8 Å². The van der Waals surface area contributed by atoms with Crippen molar-refractivity contribution in [3.8, 4) is 11.5 Å². The van der Waals surface area contributed by atoms with Gasteiger partial charge in [0.15, 0.2) is 0 Å². The van der Waals surface area contributed by atoms with Gasteiger partial charge >= 0.3 is 0 Å². The molecular weight excluding hydrogens is 276 g/mol. The third-order valence-electron chi connectivity index (χ3n) is 3.36. The second-order valence-electron chi connectivity index (χ2n) is 5.22. The highest BCUT2D eigenvalue weighted by molar-refractivity contribution is 5.31. The summed E-state index contributed by atoms with van der Waals surface area (Å²) < 4.78 is 11.0. The topological polar surface area (TPSA) is 38.7 Å². The molecule has 0 radical (unpaired) electrons. The fourth-order valence-corrected chi connectivity index (χ4v) is 2.47. The van der Waals surface area contributed by atoms with Gasteiger partial charge in [-0.1, -0.05) is 24.3 Å². The Morgan fingerprint density at radius 3 is 1.68 bits per heavy atom. The molecule has 118 valence electrons. The molecule has 1 N–H and O–H groups in total. The Morgan fingerprint density at radius 2 is 1.27 bits per heavy atom. The highest BCUT2D eigenvalue weighted by Crippen LogP contribution is 2.18. The minimum Gasteiger partial charge on any atom is -0.494 e. The maximum Gasteiger partial charge on any atom is 0.119 e. The fraction of sp³-hybridized carbons (Fsp3) is 0.368. The molecule has 0 aliphatic carbocycles. The molecule has 0 amide bonds. The summed E-state index contributed by atoms with van der Waals surface area (Å²) in [7, 11) is 0. The van der Waals surface area contributed by atoms with Crippen molar-refractivity contribution < 1.29 is 14.6 Å². The summed E-state index contributed by atoms with van der Waals surface area (Å²) in [5.41, 5.74) is 2.17. The number of aliphatic hydroxyl groups excluding tert-OH is 1. The zero-order valence-corrected chi connectivity index (χ0v) is 13.3. The van der Waals surface area contributed by atoms with Crippen LogP contribution in [0.25, 0.3) is 0 Å². The second-order valence-corrected chi connectivity index (χ2v) is 5.22. The van der Waals surface area contributed by atoms with E-state index in [2.05, 4.69) is 0 Å². The first-order chi connectivity index (χ1) is 10.7. The first-order valence-electron chi connectivity index (χ1n) is 7.82. The monoisotopic (exact) mass is 300 g/mol. The summed E-state index contributed by atoms with van der Waals surface area (Å²) in [4.78, 5) is 0. The minimum absolute atomic E-state index is 0.422. The Labute approximate surface area is 132 Å². The SMILES string of the molecule is CCOc1cccc(CC(O)Cc2cccc(OCC)c2)c1. The van der Waals surface area contributed by atoms with Crippen molar-refractivity contribution in [1.82, 2.24) is 0 Å². The van der Waals surface area contributed by atoms with E-state index < -0.39 is 6.10 Å². The number of aliphatic hydroxyl groups is 1. The van der Waals surface area contributed by atoms with Crippen LogP contribution in [0.3, 0.4) is 0 Å². The average Bonchev–Trinajstić information content (AvgIpc) is 2.48.